The lowest BCUT2D eigenvalue weighted by Gasteiger charge is -2.03. The third kappa shape index (κ3) is 2.81. The summed E-state index contributed by atoms with van der Waals surface area (Å²) in [4.78, 5) is 11.2. The summed E-state index contributed by atoms with van der Waals surface area (Å²) in [5.41, 5.74) is -1.71. The van der Waals surface area contributed by atoms with Crippen molar-refractivity contribution in [2.45, 2.75) is 18.4 Å². The van der Waals surface area contributed by atoms with E-state index < -0.39 is 37.7 Å². The molecule has 11 heteroatoms. The Kier molecular flexibility index (Phi) is 3.85. The van der Waals surface area contributed by atoms with E-state index in [0.717, 1.165) is 19.1 Å². The summed E-state index contributed by atoms with van der Waals surface area (Å²) < 4.78 is 61.8. The average Bonchev–Trinajstić information content (AvgIpc) is 2.63. The lowest BCUT2D eigenvalue weighted by Crippen LogP contribution is -2.25. The summed E-state index contributed by atoms with van der Waals surface area (Å²) in [7, 11) is 0.898. The molecular weight excluding hydrogens is 335 g/mol. The van der Waals surface area contributed by atoms with Crippen LogP contribution >= 0.6 is 10.7 Å². The summed E-state index contributed by atoms with van der Waals surface area (Å²) in [6.45, 7) is -1.98. The van der Waals surface area contributed by atoms with Gasteiger partial charge in [-0.3, -0.25) is 0 Å². The number of hydrogen-bond donors (Lipinski definition) is 0. The Bertz CT molecular complexity index is 860. The van der Waals surface area contributed by atoms with Crippen LogP contribution in [0, 0.1) is 12.7 Å². The zero-order valence-electron chi connectivity index (χ0n) is 10.3. The first-order valence-electron chi connectivity index (χ1n) is 5.34. The molecule has 0 aliphatic carbocycles. The van der Waals surface area contributed by atoms with Crippen LogP contribution in [0.2, 0.25) is 0 Å². The van der Waals surface area contributed by atoms with E-state index in [4.69, 9.17) is 10.7 Å². The molecular formula is C10H7ClF3N3O3S. The molecule has 0 fully saturated rings. The van der Waals surface area contributed by atoms with Crippen molar-refractivity contribution >= 4 is 19.7 Å². The standard InChI is InChI=1S/C10H7ClF3N3O3S/c1-5-15-17(10(18)16(5)9(13)14)8-3-2-6(4-7(8)12)21(11,19)20/h2-4,9H,1H3. The monoisotopic (exact) mass is 341 g/mol. The highest BCUT2D eigenvalue weighted by atomic mass is 35.7. The smallest absolute Gasteiger partial charge is 0.245 e. The van der Waals surface area contributed by atoms with Gasteiger partial charge in [-0.1, -0.05) is 0 Å². The molecule has 2 aromatic rings. The molecule has 1 aromatic heterocycles. The molecule has 0 radical (unpaired) electrons. The molecule has 1 aromatic carbocycles. The Morgan fingerprint density at radius 2 is 1.95 bits per heavy atom. The molecule has 1 heterocycles. The maximum atomic E-state index is 13.9. The second-order valence-corrected chi connectivity index (χ2v) is 6.51. The van der Waals surface area contributed by atoms with Gasteiger partial charge in [0.2, 0.25) is 0 Å². The number of aryl methyl sites for hydroxylation is 1. The molecule has 2 rings (SSSR count). The summed E-state index contributed by atoms with van der Waals surface area (Å²) in [5, 5.41) is 3.52. The highest BCUT2D eigenvalue weighted by Crippen LogP contribution is 2.20. The lowest BCUT2D eigenvalue weighted by molar-refractivity contribution is 0.0640. The Morgan fingerprint density at radius 3 is 2.38 bits per heavy atom. The predicted octanol–water partition coefficient (Wildman–Crippen LogP) is 1.80. The van der Waals surface area contributed by atoms with Crippen LogP contribution in [0.5, 0.6) is 0 Å². The molecule has 6 nitrogen and oxygen atoms in total. The van der Waals surface area contributed by atoms with Crippen LogP contribution in [0.1, 0.15) is 12.4 Å². The molecule has 0 amide bonds. The van der Waals surface area contributed by atoms with Gasteiger partial charge in [-0.25, -0.2) is 22.2 Å². The molecule has 0 saturated heterocycles. The number of aromatic nitrogens is 3. The van der Waals surface area contributed by atoms with Crippen LogP contribution in [0.15, 0.2) is 27.9 Å². The lowest BCUT2D eigenvalue weighted by atomic mass is 10.3. The maximum absolute atomic E-state index is 13.9. The zero-order valence-corrected chi connectivity index (χ0v) is 11.9. The molecule has 0 atom stereocenters. The van der Waals surface area contributed by atoms with Crippen molar-refractivity contribution in [3.8, 4) is 5.69 Å². The van der Waals surface area contributed by atoms with Crippen molar-refractivity contribution in [2.75, 3.05) is 0 Å². The maximum Gasteiger partial charge on any atom is 0.355 e. The van der Waals surface area contributed by atoms with Gasteiger partial charge in [-0.15, -0.1) is 5.10 Å². The Labute approximate surface area is 120 Å². The molecule has 114 valence electrons. The minimum absolute atomic E-state index is 0.0750. The Morgan fingerprint density at radius 1 is 1.33 bits per heavy atom. The molecule has 0 unspecified atom stereocenters. The summed E-state index contributed by atoms with van der Waals surface area (Å²) in [6, 6.07) is 2.42. The number of halogens is 4. The third-order valence-corrected chi connectivity index (χ3v) is 3.96. The van der Waals surface area contributed by atoms with Crippen LogP contribution in [0.3, 0.4) is 0 Å². The topological polar surface area (TPSA) is 74.0 Å². The number of rotatable bonds is 3. The van der Waals surface area contributed by atoms with Crippen molar-refractivity contribution in [1.29, 1.82) is 0 Å². The van der Waals surface area contributed by atoms with Gasteiger partial charge in [-0.05, 0) is 25.1 Å². The molecule has 0 N–H and O–H groups in total. The molecule has 21 heavy (non-hydrogen) atoms. The molecule has 0 bridgehead atoms. The third-order valence-electron chi connectivity index (χ3n) is 2.60. The summed E-state index contributed by atoms with van der Waals surface area (Å²) >= 11 is 0. The van der Waals surface area contributed by atoms with Crippen molar-refractivity contribution in [3.05, 3.63) is 40.3 Å². The van der Waals surface area contributed by atoms with Gasteiger partial charge < -0.3 is 0 Å². The van der Waals surface area contributed by atoms with E-state index in [-0.39, 0.29) is 10.4 Å². The van der Waals surface area contributed by atoms with Crippen molar-refractivity contribution in [3.63, 3.8) is 0 Å². The van der Waals surface area contributed by atoms with Crippen molar-refractivity contribution in [1.82, 2.24) is 14.3 Å². The Hall–Kier alpha value is -1.81. The van der Waals surface area contributed by atoms with Gasteiger partial charge in [0.1, 0.15) is 17.3 Å². The second-order valence-electron chi connectivity index (χ2n) is 3.94. The highest BCUT2D eigenvalue weighted by Gasteiger charge is 2.21. The SMILES string of the molecule is Cc1nn(-c2ccc(S(=O)(=O)Cl)cc2F)c(=O)n1C(F)F. The molecule has 0 aliphatic rings. The fourth-order valence-electron chi connectivity index (χ4n) is 1.67. The van der Waals surface area contributed by atoms with Gasteiger partial charge in [-0.2, -0.15) is 13.5 Å². The van der Waals surface area contributed by atoms with E-state index >= 15 is 0 Å². The van der Waals surface area contributed by atoms with Gasteiger partial charge >= 0.3 is 12.2 Å². The van der Waals surface area contributed by atoms with E-state index in [1.165, 1.54) is 0 Å². The van der Waals surface area contributed by atoms with Crippen LogP contribution in [-0.2, 0) is 9.05 Å². The Balaban J connectivity index is 2.64. The van der Waals surface area contributed by atoms with E-state index in [1.54, 1.807) is 0 Å². The van der Waals surface area contributed by atoms with Crippen molar-refractivity contribution < 1.29 is 21.6 Å². The minimum Gasteiger partial charge on any atom is -0.245 e. The first-order chi connectivity index (χ1) is 9.62. The first kappa shape index (κ1) is 15.6. The number of alkyl halides is 2. The van der Waals surface area contributed by atoms with E-state index in [2.05, 4.69) is 5.10 Å². The molecule has 0 aliphatic heterocycles. The largest absolute Gasteiger partial charge is 0.355 e. The van der Waals surface area contributed by atoms with Gasteiger partial charge in [0.25, 0.3) is 9.05 Å². The van der Waals surface area contributed by atoms with Crippen LogP contribution < -0.4 is 5.69 Å². The number of hydrogen-bond acceptors (Lipinski definition) is 4. The van der Waals surface area contributed by atoms with Gasteiger partial charge in [0, 0.05) is 10.7 Å². The zero-order chi connectivity index (χ0) is 15.9. The van der Waals surface area contributed by atoms with E-state index in [1.807, 2.05) is 0 Å². The summed E-state index contributed by atoms with van der Waals surface area (Å²) in [5.74, 6) is -1.46. The van der Waals surface area contributed by atoms with Crippen LogP contribution in [0.25, 0.3) is 5.69 Å². The molecule has 0 spiro atoms. The van der Waals surface area contributed by atoms with Crippen molar-refractivity contribution in [2.24, 2.45) is 0 Å². The number of nitrogens with zero attached hydrogens (tertiary/aromatic N) is 3. The van der Waals surface area contributed by atoms with Crippen LogP contribution in [0.4, 0.5) is 13.2 Å². The fraction of sp³-hybridized carbons (Fsp3) is 0.200. The normalized spacial score (nSPS) is 12.1. The van der Waals surface area contributed by atoms with E-state index in [9.17, 15) is 26.4 Å². The summed E-state index contributed by atoms with van der Waals surface area (Å²) in [6.07, 6.45) is 0. The van der Waals surface area contributed by atoms with Crippen LogP contribution in [-0.4, -0.2) is 22.8 Å². The average molecular weight is 342 g/mol. The highest BCUT2D eigenvalue weighted by molar-refractivity contribution is 8.13. The second kappa shape index (κ2) is 5.19. The predicted molar refractivity (Wildman–Crippen MR) is 66.8 cm³/mol. The first-order valence-corrected chi connectivity index (χ1v) is 7.64. The minimum atomic E-state index is -4.15. The van der Waals surface area contributed by atoms with E-state index in [0.29, 0.717) is 10.7 Å². The van der Waals surface area contributed by atoms with Gasteiger partial charge in [0.15, 0.2) is 0 Å². The number of benzene rings is 1. The fourth-order valence-corrected chi connectivity index (χ4v) is 2.43. The quantitative estimate of drug-likeness (QED) is 0.798. The van der Waals surface area contributed by atoms with Gasteiger partial charge in [0.05, 0.1) is 4.90 Å². The molecule has 0 saturated carbocycles.